The molecule has 2 aromatic carbocycles. The largest absolute Gasteiger partial charge is 0.497 e. The zero-order valence-corrected chi connectivity index (χ0v) is 15.8. The number of aromatic nitrogens is 2. The van der Waals surface area contributed by atoms with Gasteiger partial charge in [0.2, 0.25) is 5.91 Å². The Hall–Kier alpha value is -3.68. The van der Waals surface area contributed by atoms with Crippen LogP contribution in [0.1, 0.15) is 0 Å². The van der Waals surface area contributed by atoms with Crippen molar-refractivity contribution in [2.75, 3.05) is 20.3 Å². The van der Waals surface area contributed by atoms with Crippen LogP contribution < -0.4 is 20.3 Å². The van der Waals surface area contributed by atoms with Gasteiger partial charge in [0.25, 0.3) is 5.56 Å². The summed E-state index contributed by atoms with van der Waals surface area (Å²) >= 11 is 0. The van der Waals surface area contributed by atoms with E-state index >= 15 is 0 Å². The smallest absolute Gasteiger partial charge is 0.267 e. The molecule has 0 bridgehead atoms. The van der Waals surface area contributed by atoms with Gasteiger partial charge in [0.05, 0.1) is 19.3 Å². The van der Waals surface area contributed by atoms with E-state index in [1.165, 1.54) is 30.3 Å². The zero-order chi connectivity index (χ0) is 20.6. The van der Waals surface area contributed by atoms with Gasteiger partial charge in [0.15, 0.2) is 0 Å². The summed E-state index contributed by atoms with van der Waals surface area (Å²) in [7, 11) is 1.57. The minimum absolute atomic E-state index is 0.212. The van der Waals surface area contributed by atoms with Crippen LogP contribution >= 0.6 is 0 Å². The first kappa shape index (κ1) is 20.1. The van der Waals surface area contributed by atoms with E-state index in [0.717, 1.165) is 10.2 Å². The van der Waals surface area contributed by atoms with Crippen LogP contribution in [0, 0.1) is 5.82 Å². The summed E-state index contributed by atoms with van der Waals surface area (Å²) in [4.78, 5) is 24.2. The van der Waals surface area contributed by atoms with Crippen molar-refractivity contribution < 1.29 is 18.7 Å². The number of nitrogens with zero attached hydrogens (tertiary/aromatic N) is 2. The predicted molar refractivity (Wildman–Crippen MR) is 105 cm³/mol. The van der Waals surface area contributed by atoms with Crippen molar-refractivity contribution in [3.8, 4) is 22.8 Å². The maximum atomic E-state index is 12.8. The number of hydrogen-bond donors (Lipinski definition) is 1. The number of halogens is 1. The van der Waals surface area contributed by atoms with Crippen molar-refractivity contribution >= 4 is 5.91 Å². The number of carbonyl (C=O) groups excluding carboxylic acids is 1. The molecule has 7 nitrogen and oxygen atoms in total. The van der Waals surface area contributed by atoms with E-state index in [4.69, 9.17) is 9.47 Å². The van der Waals surface area contributed by atoms with Crippen molar-refractivity contribution in [3.05, 3.63) is 76.8 Å². The third-order valence-corrected chi connectivity index (χ3v) is 4.03. The highest BCUT2D eigenvalue weighted by Gasteiger charge is 2.08. The van der Waals surface area contributed by atoms with Gasteiger partial charge in [-0.1, -0.05) is 12.1 Å². The number of hydrogen-bond acceptors (Lipinski definition) is 5. The zero-order valence-electron chi connectivity index (χ0n) is 15.8. The Morgan fingerprint density at radius 1 is 1.10 bits per heavy atom. The average molecular weight is 397 g/mol. The Bertz CT molecular complexity index is 1030. The van der Waals surface area contributed by atoms with Crippen LogP contribution in [-0.4, -0.2) is 35.9 Å². The Balaban J connectivity index is 1.56. The lowest BCUT2D eigenvalue weighted by molar-refractivity contribution is -0.122. The number of nitrogens with one attached hydrogen (secondary N) is 1. The molecule has 0 aliphatic carbocycles. The molecule has 29 heavy (non-hydrogen) atoms. The molecule has 3 aromatic rings. The van der Waals surface area contributed by atoms with Crippen LogP contribution in [-0.2, 0) is 11.3 Å². The number of carbonyl (C=O) groups is 1. The van der Waals surface area contributed by atoms with E-state index in [1.54, 1.807) is 25.3 Å². The van der Waals surface area contributed by atoms with E-state index in [9.17, 15) is 14.0 Å². The molecular formula is C21H20FN3O4. The van der Waals surface area contributed by atoms with Crippen molar-refractivity contribution in [2.45, 2.75) is 6.54 Å². The quantitative estimate of drug-likeness (QED) is 0.590. The van der Waals surface area contributed by atoms with Gasteiger partial charge in [0, 0.05) is 11.6 Å². The van der Waals surface area contributed by atoms with E-state index in [1.807, 2.05) is 12.1 Å². The van der Waals surface area contributed by atoms with Crippen LogP contribution in [0.25, 0.3) is 11.3 Å². The summed E-state index contributed by atoms with van der Waals surface area (Å²) < 4.78 is 24.5. The molecule has 3 rings (SSSR count). The second-order valence-electron chi connectivity index (χ2n) is 6.10. The maximum absolute atomic E-state index is 12.8. The molecule has 8 heteroatoms. The molecule has 0 unspecified atom stereocenters. The summed E-state index contributed by atoms with van der Waals surface area (Å²) in [5.41, 5.74) is 0.941. The third kappa shape index (κ3) is 5.65. The molecule has 0 radical (unpaired) electrons. The van der Waals surface area contributed by atoms with Crippen LogP contribution in [0.5, 0.6) is 11.5 Å². The summed E-state index contributed by atoms with van der Waals surface area (Å²) in [5.74, 6) is 0.454. The van der Waals surface area contributed by atoms with Gasteiger partial charge in [-0.15, -0.1) is 0 Å². The molecule has 0 saturated carbocycles. The third-order valence-electron chi connectivity index (χ3n) is 4.03. The Morgan fingerprint density at radius 3 is 2.66 bits per heavy atom. The van der Waals surface area contributed by atoms with Gasteiger partial charge in [0.1, 0.15) is 30.5 Å². The van der Waals surface area contributed by atoms with Crippen molar-refractivity contribution in [1.29, 1.82) is 0 Å². The fourth-order valence-electron chi connectivity index (χ4n) is 2.58. The minimum atomic E-state index is -0.380. The van der Waals surface area contributed by atoms with Crippen molar-refractivity contribution in [1.82, 2.24) is 15.1 Å². The molecule has 1 aromatic heterocycles. The maximum Gasteiger partial charge on any atom is 0.267 e. The monoisotopic (exact) mass is 397 g/mol. The Kier molecular flexibility index (Phi) is 6.57. The van der Waals surface area contributed by atoms with Gasteiger partial charge < -0.3 is 14.8 Å². The van der Waals surface area contributed by atoms with Crippen LogP contribution in [0.15, 0.2) is 65.5 Å². The summed E-state index contributed by atoms with van der Waals surface area (Å²) in [5, 5.41) is 6.92. The van der Waals surface area contributed by atoms with Gasteiger partial charge in [-0.3, -0.25) is 9.59 Å². The summed E-state index contributed by atoms with van der Waals surface area (Å²) in [6, 6.07) is 15.8. The first-order valence-electron chi connectivity index (χ1n) is 8.93. The number of rotatable bonds is 8. The molecule has 1 heterocycles. The van der Waals surface area contributed by atoms with Crippen molar-refractivity contribution in [3.63, 3.8) is 0 Å². The second kappa shape index (κ2) is 9.50. The van der Waals surface area contributed by atoms with Gasteiger partial charge in [-0.25, -0.2) is 9.07 Å². The number of ether oxygens (including phenoxy) is 2. The lowest BCUT2D eigenvalue weighted by Crippen LogP contribution is -2.35. The van der Waals surface area contributed by atoms with Crippen LogP contribution in [0.3, 0.4) is 0 Å². The first-order valence-corrected chi connectivity index (χ1v) is 8.93. The van der Waals surface area contributed by atoms with Gasteiger partial charge in [-0.2, -0.15) is 5.10 Å². The molecule has 0 fully saturated rings. The molecule has 150 valence electrons. The summed E-state index contributed by atoms with van der Waals surface area (Å²) in [6.07, 6.45) is 0. The molecule has 1 N–H and O–H groups in total. The van der Waals surface area contributed by atoms with E-state index in [0.29, 0.717) is 17.2 Å². The lowest BCUT2D eigenvalue weighted by atomic mass is 10.1. The van der Waals surface area contributed by atoms with Gasteiger partial charge in [-0.05, 0) is 42.5 Å². The highest BCUT2D eigenvalue weighted by molar-refractivity contribution is 5.75. The fourth-order valence-corrected chi connectivity index (χ4v) is 2.58. The van der Waals surface area contributed by atoms with E-state index < -0.39 is 0 Å². The lowest BCUT2D eigenvalue weighted by Gasteiger charge is -2.10. The molecule has 1 amide bonds. The SMILES string of the molecule is COc1cccc(-c2ccc(=O)n(CC(=O)NCCOc3ccc(F)cc3)n2)c1. The molecule has 0 aliphatic rings. The molecule has 0 saturated heterocycles. The Morgan fingerprint density at radius 2 is 1.90 bits per heavy atom. The van der Waals surface area contributed by atoms with Crippen LogP contribution in [0.4, 0.5) is 4.39 Å². The van der Waals surface area contributed by atoms with Crippen LogP contribution in [0.2, 0.25) is 0 Å². The second-order valence-corrected chi connectivity index (χ2v) is 6.10. The van der Waals surface area contributed by atoms with E-state index in [-0.39, 0.29) is 37.0 Å². The predicted octanol–water partition coefficient (Wildman–Crippen LogP) is 2.25. The number of amides is 1. The number of benzene rings is 2. The number of methoxy groups -OCH3 is 1. The molecular weight excluding hydrogens is 377 g/mol. The molecule has 0 atom stereocenters. The molecule has 0 spiro atoms. The normalized spacial score (nSPS) is 10.4. The highest BCUT2D eigenvalue weighted by atomic mass is 19.1. The standard InChI is InChI=1S/C21H20FN3O4/c1-28-18-4-2-3-15(13-18)19-9-10-21(27)25(24-19)14-20(26)23-11-12-29-17-7-5-16(22)6-8-17/h2-10,13H,11-12,14H2,1H3,(H,23,26). The minimum Gasteiger partial charge on any atom is -0.497 e. The van der Waals surface area contributed by atoms with Crippen molar-refractivity contribution in [2.24, 2.45) is 0 Å². The average Bonchev–Trinajstić information content (AvgIpc) is 2.74. The summed E-state index contributed by atoms with van der Waals surface area (Å²) in [6.45, 7) is 0.233. The van der Waals surface area contributed by atoms with E-state index in [2.05, 4.69) is 10.4 Å². The highest BCUT2D eigenvalue weighted by Crippen LogP contribution is 2.21. The Labute approximate surface area is 166 Å². The molecule has 0 aliphatic heterocycles. The first-order chi connectivity index (χ1) is 14.0. The fraction of sp³-hybridized carbons (Fsp3) is 0.190. The van der Waals surface area contributed by atoms with Gasteiger partial charge >= 0.3 is 0 Å². The topological polar surface area (TPSA) is 82.5 Å².